The Kier molecular flexibility index (Phi) is 2.90. The van der Waals surface area contributed by atoms with Gasteiger partial charge >= 0.3 is 6.01 Å². The lowest BCUT2D eigenvalue weighted by molar-refractivity contribution is 0.141. The van der Waals surface area contributed by atoms with E-state index in [1.54, 1.807) is 6.92 Å². The number of aromatic nitrogens is 2. The van der Waals surface area contributed by atoms with Crippen LogP contribution in [0.4, 0.5) is 6.01 Å². The largest absolute Gasteiger partial charge is 0.396 e. The van der Waals surface area contributed by atoms with Gasteiger partial charge in [-0.3, -0.25) is 0 Å². The molecular formula is C10H17N3O2. The normalized spacial score (nSPS) is 19.3. The second-order valence-corrected chi connectivity index (χ2v) is 4.37. The van der Waals surface area contributed by atoms with Gasteiger partial charge in [0.15, 0.2) is 5.82 Å². The standard InChI is InChI=1S/C10H17N3O2/c1-8-12-9(15-13-8)11-6-10(7-14)4-2-3-5-10/h14H,2-7H2,1H3,(H,11,12,13). The van der Waals surface area contributed by atoms with Gasteiger partial charge in [-0.25, -0.2) is 0 Å². The van der Waals surface area contributed by atoms with E-state index in [0.29, 0.717) is 18.4 Å². The molecule has 5 heteroatoms. The first-order valence-corrected chi connectivity index (χ1v) is 5.39. The molecule has 0 amide bonds. The fourth-order valence-corrected chi connectivity index (χ4v) is 2.15. The topological polar surface area (TPSA) is 71.2 Å². The molecule has 1 heterocycles. The number of hydrogen-bond donors (Lipinski definition) is 2. The minimum absolute atomic E-state index is 0.0162. The molecule has 2 rings (SSSR count). The van der Waals surface area contributed by atoms with E-state index in [1.165, 1.54) is 12.8 Å². The molecule has 0 unspecified atom stereocenters. The fraction of sp³-hybridized carbons (Fsp3) is 0.800. The van der Waals surface area contributed by atoms with E-state index in [9.17, 15) is 5.11 Å². The summed E-state index contributed by atoms with van der Waals surface area (Å²) in [7, 11) is 0. The van der Waals surface area contributed by atoms with Gasteiger partial charge in [-0.15, -0.1) is 0 Å². The summed E-state index contributed by atoms with van der Waals surface area (Å²) in [6.07, 6.45) is 4.55. The molecule has 1 aliphatic rings. The molecule has 0 radical (unpaired) electrons. The van der Waals surface area contributed by atoms with Gasteiger partial charge in [-0.05, 0) is 19.8 Å². The Morgan fingerprint density at radius 3 is 2.73 bits per heavy atom. The van der Waals surface area contributed by atoms with E-state index in [2.05, 4.69) is 15.5 Å². The van der Waals surface area contributed by atoms with Crippen LogP contribution in [0.1, 0.15) is 31.5 Å². The predicted octanol–water partition coefficient (Wildman–Crippen LogP) is 1.34. The Morgan fingerprint density at radius 1 is 1.47 bits per heavy atom. The third-order valence-corrected chi connectivity index (χ3v) is 3.14. The van der Waals surface area contributed by atoms with Crippen molar-refractivity contribution in [1.29, 1.82) is 0 Å². The number of aliphatic hydroxyl groups excluding tert-OH is 1. The molecule has 1 aromatic rings. The maximum absolute atomic E-state index is 9.39. The van der Waals surface area contributed by atoms with E-state index >= 15 is 0 Å². The average Bonchev–Trinajstić information content (AvgIpc) is 2.85. The molecule has 15 heavy (non-hydrogen) atoms. The van der Waals surface area contributed by atoms with Crippen LogP contribution < -0.4 is 5.32 Å². The van der Waals surface area contributed by atoms with Crippen molar-refractivity contribution in [3.8, 4) is 0 Å². The Morgan fingerprint density at radius 2 is 2.20 bits per heavy atom. The molecule has 1 aliphatic carbocycles. The van der Waals surface area contributed by atoms with E-state index in [4.69, 9.17) is 4.52 Å². The van der Waals surface area contributed by atoms with Crippen molar-refractivity contribution in [1.82, 2.24) is 10.1 Å². The van der Waals surface area contributed by atoms with E-state index in [-0.39, 0.29) is 12.0 Å². The van der Waals surface area contributed by atoms with Crippen LogP contribution in [0, 0.1) is 12.3 Å². The Labute approximate surface area is 88.9 Å². The number of anilines is 1. The van der Waals surface area contributed by atoms with Crippen molar-refractivity contribution in [3.63, 3.8) is 0 Å². The van der Waals surface area contributed by atoms with Gasteiger partial charge in [-0.2, -0.15) is 4.98 Å². The molecule has 1 saturated carbocycles. The minimum atomic E-state index is 0.0162. The van der Waals surface area contributed by atoms with Crippen LogP contribution in [0.2, 0.25) is 0 Å². The first kappa shape index (κ1) is 10.4. The molecule has 5 nitrogen and oxygen atoms in total. The molecule has 0 aromatic carbocycles. The number of aliphatic hydroxyl groups is 1. The van der Waals surface area contributed by atoms with Crippen LogP contribution in [0.25, 0.3) is 0 Å². The van der Waals surface area contributed by atoms with Gasteiger partial charge in [0.2, 0.25) is 0 Å². The number of aryl methyl sites for hydroxylation is 1. The summed E-state index contributed by atoms with van der Waals surface area (Å²) in [5, 5.41) is 16.2. The van der Waals surface area contributed by atoms with Gasteiger partial charge in [0, 0.05) is 12.0 Å². The van der Waals surface area contributed by atoms with E-state index in [0.717, 1.165) is 12.8 Å². The summed E-state index contributed by atoms with van der Waals surface area (Å²) in [5.41, 5.74) is 0.0162. The van der Waals surface area contributed by atoms with Gasteiger partial charge in [-0.1, -0.05) is 18.0 Å². The highest BCUT2D eigenvalue weighted by Crippen LogP contribution is 2.37. The SMILES string of the molecule is Cc1noc(NCC2(CO)CCCC2)n1. The van der Waals surface area contributed by atoms with Gasteiger partial charge in [0.1, 0.15) is 0 Å². The Bertz CT molecular complexity index is 318. The van der Waals surface area contributed by atoms with Crippen LogP contribution in [0.15, 0.2) is 4.52 Å². The monoisotopic (exact) mass is 211 g/mol. The van der Waals surface area contributed by atoms with Gasteiger partial charge in [0.05, 0.1) is 6.61 Å². The number of nitrogens with one attached hydrogen (secondary N) is 1. The molecule has 0 aliphatic heterocycles. The van der Waals surface area contributed by atoms with Crippen LogP contribution >= 0.6 is 0 Å². The maximum Gasteiger partial charge on any atom is 0.321 e. The van der Waals surface area contributed by atoms with Crippen LogP contribution in [0.3, 0.4) is 0 Å². The molecule has 0 bridgehead atoms. The average molecular weight is 211 g/mol. The fourth-order valence-electron chi connectivity index (χ4n) is 2.15. The zero-order chi connectivity index (χ0) is 10.7. The molecule has 0 saturated heterocycles. The molecular weight excluding hydrogens is 194 g/mol. The maximum atomic E-state index is 9.39. The Hall–Kier alpha value is -1.10. The summed E-state index contributed by atoms with van der Waals surface area (Å²) in [6.45, 7) is 2.73. The first-order chi connectivity index (χ1) is 7.24. The highest BCUT2D eigenvalue weighted by molar-refractivity contribution is 5.19. The van der Waals surface area contributed by atoms with Crippen molar-refractivity contribution in [2.45, 2.75) is 32.6 Å². The second-order valence-electron chi connectivity index (χ2n) is 4.37. The predicted molar refractivity (Wildman–Crippen MR) is 55.5 cm³/mol. The Balaban J connectivity index is 1.91. The molecule has 1 aromatic heterocycles. The zero-order valence-corrected chi connectivity index (χ0v) is 8.99. The zero-order valence-electron chi connectivity index (χ0n) is 8.99. The number of rotatable bonds is 4. The van der Waals surface area contributed by atoms with Crippen molar-refractivity contribution in [2.75, 3.05) is 18.5 Å². The van der Waals surface area contributed by atoms with Crippen molar-refractivity contribution >= 4 is 6.01 Å². The summed E-state index contributed by atoms with van der Waals surface area (Å²) >= 11 is 0. The summed E-state index contributed by atoms with van der Waals surface area (Å²) in [5.74, 6) is 0.627. The summed E-state index contributed by atoms with van der Waals surface area (Å²) in [6, 6.07) is 0.451. The van der Waals surface area contributed by atoms with Gasteiger partial charge in [0.25, 0.3) is 0 Å². The molecule has 84 valence electrons. The smallest absolute Gasteiger partial charge is 0.321 e. The highest BCUT2D eigenvalue weighted by Gasteiger charge is 2.33. The quantitative estimate of drug-likeness (QED) is 0.786. The lowest BCUT2D eigenvalue weighted by Gasteiger charge is -2.25. The lowest BCUT2D eigenvalue weighted by Crippen LogP contribution is -2.30. The first-order valence-electron chi connectivity index (χ1n) is 5.39. The number of hydrogen-bond acceptors (Lipinski definition) is 5. The van der Waals surface area contributed by atoms with Crippen molar-refractivity contribution < 1.29 is 9.63 Å². The van der Waals surface area contributed by atoms with E-state index in [1.807, 2.05) is 0 Å². The highest BCUT2D eigenvalue weighted by atomic mass is 16.5. The van der Waals surface area contributed by atoms with Gasteiger partial charge < -0.3 is 14.9 Å². The molecule has 0 atom stereocenters. The summed E-state index contributed by atoms with van der Waals surface area (Å²) in [4.78, 5) is 4.07. The van der Waals surface area contributed by atoms with Crippen molar-refractivity contribution in [3.05, 3.63) is 5.82 Å². The third kappa shape index (κ3) is 2.28. The second kappa shape index (κ2) is 4.18. The van der Waals surface area contributed by atoms with E-state index < -0.39 is 0 Å². The third-order valence-electron chi connectivity index (χ3n) is 3.14. The van der Waals surface area contributed by atoms with Crippen LogP contribution in [-0.2, 0) is 0 Å². The van der Waals surface area contributed by atoms with Crippen molar-refractivity contribution in [2.24, 2.45) is 5.41 Å². The minimum Gasteiger partial charge on any atom is -0.396 e. The molecule has 0 spiro atoms. The van der Waals surface area contributed by atoms with Crippen LogP contribution in [0.5, 0.6) is 0 Å². The molecule has 1 fully saturated rings. The lowest BCUT2D eigenvalue weighted by atomic mass is 9.87. The van der Waals surface area contributed by atoms with Crippen LogP contribution in [-0.4, -0.2) is 28.4 Å². The summed E-state index contributed by atoms with van der Waals surface area (Å²) < 4.78 is 4.96. The molecule has 2 N–H and O–H groups in total. The number of nitrogens with zero attached hydrogens (tertiary/aromatic N) is 2.